The Bertz CT molecular complexity index is 2650. The van der Waals surface area contributed by atoms with Crippen molar-refractivity contribution in [2.45, 2.75) is 89.1 Å². The summed E-state index contributed by atoms with van der Waals surface area (Å²) in [5.74, 6) is 0.294. The standard InChI is InChI=1S/C58H65N3O10/c1-4-30-60(55(64)35-41-14-13-18-47(34-41)67-3)54-38-52(59-69-39-40-20-24-45(25-21-40)61(65)66)50-36-44(17-9-11-31-62)49(19-10-12-32-63)56-51-37-48(28-29-53(51)71-58(54,57(50)56)68-33-5-2)70-46-26-22-43(23-27-46)42-15-7-6-8-16-42/h5-8,13-16,18,20-29,34,36-37,44,49,54,56-57,62-63H,2,4,9-12,17,19,30-33,35,38-39H2,1,3H3/t44-,49+,54-,56+,57+,58+/m0/s1. The fourth-order valence-electron chi connectivity index (χ4n) is 10.8. The molecule has 1 saturated carbocycles. The molecule has 13 heteroatoms. The van der Waals surface area contributed by atoms with Crippen LogP contribution in [0.3, 0.4) is 0 Å². The molecule has 372 valence electrons. The fourth-order valence-corrected chi connectivity index (χ4v) is 10.8. The van der Waals surface area contributed by atoms with Crippen molar-refractivity contribution in [1.82, 2.24) is 4.90 Å². The van der Waals surface area contributed by atoms with Gasteiger partial charge in [0, 0.05) is 49.8 Å². The smallest absolute Gasteiger partial charge is 0.269 e. The molecule has 0 saturated heterocycles. The van der Waals surface area contributed by atoms with E-state index in [4.69, 9.17) is 28.9 Å². The second kappa shape index (κ2) is 23.9. The zero-order chi connectivity index (χ0) is 49.7. The monoisotopic (exact) mass is 963 g/mol. The number of amides is 1. The van der Waals surface area contributed by atoms with Crippen LogP contribution in [0.1, 0.15) is 80.9 Å². The normalized spacial score (nSPS) is 21.5. The van der Waals surface area contributed by atoms with Crippen LogP contribution in [0.5, 0.6) is 23.0 Å². The first-order chi connectivity index (χ1) is 34.7. The van der Waals surface area contributed by atoms with Crippen LogP contribution >= 0.6 is 0 Å². The van der Waals surface area contributed by atoms with Gasteiger partial charge in [-0.1, -0.05) is 91.7 Å². The Kier molecular flexibility index (Phi) is 17.0. The maximum Gasteiger partial charge on any atom is 0.269 e. The lowest BCUT2D eigenvalue weighted by molar-refractivity contribution is -0.384. The molecule has 1 amide bonds. The zero-order valence-corrected chi connectivity index (χ0v) is 40.7. The number of benzene rings is 5. The molecule has 0 unspecified atom stereocenters. The summed E-state index contributed by atoms with van der Waals surface area (Å²) < 4.78 is 26.8. The highest BCUT2D eigenvalue weighted by molar-refractivity contribution is 6.03. The van der Waals surface area contributed by atoms with Crippen molar-refractivity contribution < 1.29 is 43.7 Å². The number of hydrogen-bond donors (Lipinski definition) is 2. The highest BCUT2D eigenvalue weighted by atomic mass is 16.7. The molecule has 3 aliphatic rings. The number of ether oxygens (including phenoxy) is 4. The molecule has 1 fully saturated rings. The van der Waals surface area contributed by atoms with Crippen molar-refractivity contribution in [3.8, 4) is 34.1 Å². The van der Waals surface area contributed by atoms with E-state index >= 15 is 4.79 Å². The van der Waals surface area contributed by atoms with Crippen molar-refractivity contribution in [2.75, 3.05) is 33.5 Å². The lowest BCUT2D eigenvalue weighted by atomic mass is 9.55. The molecule has 0 aromatic heterocycles. The average molecular weight is 964 g/mol. The molecule has 0 radical (unpaired) electrons. The molecule has 8 rings (SSSR count). The van der Waals surface area contributed by atoms with Crippen LogP contribution in [-0.4, -0.2) is 77.0 Å². The zero-order valence-electron chi connectivity index (χ0n) is 40.7. The van der Waals surface area contributed by atoms with Gasteiger partial charge in [-0.2, -0.15) is 0 Å². The maximum absolute atomic E-state index is 15.1. The van der Waals surface area contributed by atoms with Gasteiger partial charge in [0.05, 0.1) is 36.7 Å². The highest BCUT2D eigenvalue weighted by Gasteiger charge is 2.65. The van der Waals surface area contributed by atoms with E-state index in [1.807, 2.05) is 90.7 Å². The summed E-state index contributed by atoms with van der Waals surface area (Å²) in [5, 5.41) is 36.5. The van der Waals surface area contributed by atoms with Gasteiger partial charge in [-0.25, -0.2) is 0 Å². The van der Waals surface area contributed by atoms with Crippen molar-refractivity contribution in [3.63, 3.8) is 0 Å². The molecule has 5 aromatic carbocycles. The van der Waals surface area contributed by atoms with Crippen LogP contribution in [0, 0.1) is 27.9 Å². The van der Waals surface area contributed by atoms with Crippen molar-refractivity contribution in [2.24, 2.45) is 22.9 Å². The number of methoxy groups -OCH3 is 1. The number of non-ortho nitro benzene ring substituents is 1. The fraction of sp³-hybridized carbons (Fsp3) is 0.379. The Balaban J connectivity index is 1.28. The predicted molar refractivity (Wildman–Crippen MR) is 273 cm³/mol. The first kappa shape index (κ1) is 50.6. The number of nitrogens with zero attached hydrogens (tertiary/aromatic N) is 3. The Morgan fingerprint density at radius 2 is 1.61 bits per heavy atom. The van der Waals surface area contributed by atoms with Gasteiger partial charge in [0.2, 0.25) is 11.7 Å². The second-order valence-electron chi connectivity index (χ2n) is 18.6. The predicted octanol–water partition coefficient (Wildman–Crippen LogP) is 11.4. The summed E-state index contributed by atoms with van der Waals surface area (Å²) in [4.78, 5) is 34.2. The third kappa shape index (κ3) is 11.5. The molecule has 2 N–H and O–H groups in total. The molecule has 5 aromatic rings. The van der Waals surface area contributed by atoms with E-state index in [-0.39, 0.29) is 68.6 Å². The van der Waals surface area contributed by atoms with Gasteiger partial charge in [0.15, 0.2) is 0 Å². The lowest BCUT2D eigenvalue weighted by Crippen LogP contribution is -2.70. The molecular weight excluding hydrogens is 899 g/mol. The van der Waals surface area contributed by atoms with Crippen molar-refractivity contribution in [3.05, 3.63) is 172 Å². The van der Waals surface area contributed by atoms with Crippen molar-refractivity contribution in [1.29, 1.82) is 0 Å². The largest absolute Gasteiger partial charge is 0.497 e. The summed E-state index contributed by atoms with van der Waals surface area (Å²) >= 11 is 0. The summed E-state index contributed by atoms with van der Waals surface area (Å²) in [6, 6.07) is 37.2. The second-order valence-corrected chi connectivity index (χ2v) is 18.6. The summed E-state index contributed by atoms with van der Waals surface area (Å²) in [5.41, 5.74) is 6.16. The molecule has 6 atom stereocenters. The highest BCUT2D eigenvalue weighted by Crippen LogP contribution is 2.62. The van der Waals surface area contributed by atoms with E-state index < -0.39 is 22.7 Å². The van der Waals surface area contributed by atoms with Gasteiger partial charge in [-0.15, -0.1) is 6.58 Å². The van der Waals surface area contributed by atoms with Crippen LogP contribution in [0.15, 0.2) is 151 Å². The van der Waals surface area contributed by atoms with Gasteiger partial charge < -0.3 is 38.9 Å². The summed E-state index contributed by atoms with van der Waals surface area (Å²) in [6.45, 7) is 6.84. The Hall–Kier alpha value is -6.80. The number of rotatable bonds is 24. The number of aliphatic hydroxyl groups is 2. The number of allylic oxidation sites excluding steroid dienone is 1. The van der Waals surface area contributed by atoms with Crippen LogP contribution in [0.4, 0.5) is 5.69 Å². The Morgan fingerprint density at radius 1 is 0.873 bits per heavy atom. The number of nitro benzene ring substituents is 1. The number of fused-ring (bicyclic) bond motifs is 2. The Morgan fingerprint density at radius 3 is 2.31 bits per heavy atom. The number of nitro groups is 1. The van der Waals surface area contributed by atoms with Gasteiger partial charge >= 0.3 is 0 Å². The van der Waals surface area contributed by atoms with Crippen LogP contribution in [-0.2, 0) is 27.4 Å². The topological polar surface area (TPSA) is 162 Å². The minimum absolute atomic E-state index is 0.0110. The summed E-state index contributed by atoms with van der Waals surface area (Å²) in [7, 11) is 1.61. The van der Waals surface area contributed by atoms with E-state index in [1.165, 1.54) is 12.1 Å². The van der Waals surface area contributed by atoms with Gasteiger partial charge in [0.1, 0.15) is 35.6 Å². The molecule has 2 aliphatic carbocycles. The number of hydrogen-bond acceptors (Lipinski definition) is 11. The van der Waals surface area contributed by atoms with Gasteiger partial charge in [-0.3, -0.25) is 14.9 Å². The van der Waals surface area contributed by atoms with E-state index in [1.54, 1.807) is 25.3 Å². The van der Waals surface area contributed by atoms with E-state index in [2.05, 4.69) is 30.9 Å². The molecule has 1 heterocycles. The third-order valence-electron chi connectivity index (χ3n) is 14.0. The van der Waals surface area contributed by atoms with Crippen molar-refractivity contribution >= 4 is 17.3 Å². The molecule has 1 aliphatic heterocycles. The van der Waals surface area contributed by atoms with Crippen LogP contribution < -0.4 is 14.2 Å². The number of aliphatic hydroxyl groups excluding tert-OH is 2. The van der Waals surface area contributed by atoms with E-state index in [9.17, 15) is 20.3 Å². The van der Waals surface area contributed by atoms with E-state index in [0.29, 0.717) is 60.1 Å². The summed E-state index contributed by atoms with van der Waals surface area (Å²) in [6.07, 6.45) is 9.41. The number of carbonyl (C=O) groups is 1. The number of oxime groups is 1. The lowest BCUT2D eigenvalue weighted by Gasteiger charge is -2.60. The first-order valence-corrected chi connectivity index (χ1v) is 24.9. The third-order valence-corrected chi connectivity index (χ3v) is 14.0. The maximum atomic E-state index is 15.1. The van der Waals surface area contributed by atoms with Crippen LogP contribution in [0.2, 0.25) is 0 Å². The average Bonchev–Trinajstić information content (AvgIpc) is 3.39. The molecule has 0 spiro atoms. The van der Waals surface area contributed by atoms with Gasteiger partial charge in [-0.05, 0) is 126 Å². The molecule has 71 heavy (non-hydrogen) atoms. The molecule has 13 nitrogen and oxygen atoms in total. The van der Waals surface area contributed by atoms with Crippen LogP contribution in [0.25, 0.3) is 11.1 Å². The van der Waals surface area contributed by atoms with Gasteiger partial charge in [0.25, 0.3) is 5.69 Å². The molecule has 0 bridgehead atoms. The number of carbonyl (C=O) groups excluding carboxylic acids is 1. The minimum Gasteiger partial charge on any atom is -0.497 e. The Labute approximate surface area is 416 Å². The SMILES string of the molecule is C=CCO[C@@]12Oc3ccc(Oc4ccc(-c5ccccc5)cc4)cc3[C@H]3[C@H](CCCCO)[C@@H](CCCCO)C=C(C(=NOCc4ccc([N+](=O)[O-])cc4)C[C@@H]1N(CCC)C(=O)Cc1cccc(OC)c1)[C@H]32. The minimum atomic E-state index is -1.44. The first-order valence-electron chi connectivity index (χ1n) is 24.9. The molecular formula is C58H65N3O10. The number of unbranched alkanes of at least 4 members (excludes halogenated alkanes) is 2. The van der Waals surface area contributed by atoms with E-state index in [0.717, 1.165) is 53.5 Å². The quantitative estimate of drug-likeness (QED) is 0.0263.